The summed E-state index contributed by atoms with van der Waals surface area (Å²) in [6, 6.07) is 3.54. The first-order chi connectivity index (χ1) is 6.22. The van der Waals surface area contributed by atoms with Crippen LogP contribution in [0.2, 0.25) is 0 Å². The molecule has 1 aromatic heterocycles. The molecule has 0 saturated carbocycles. The van der Waals surface area contributed by atoms with E-state index in [1.165, 1.54) is 23.8 Å². The molecule has 2 aromatic rings. The van der Waals surface area contributed by atoms with E-state index in [0.29, 0.717) is 11.1 Å². The van der Waals surface area contributed by atoms with E-state index >= 15 is 0 Å². The molecule has 68 valence electrons. The summed E-state index contributed by atoms with van der Waals surface area (Å²) in [7, 11) is 1.53. The van der Waals surface area contributed by atoms with Crippen LogP contribution in [-0.2, 0) is 0 Å². The van der Waals surface area contributed by atoms with Gasteiger partial charge in [-0.2, -0.15) is 0 Å². The molecule has 0 unspecified atom stereocenters. The molecular weight excluding hydrogens is 207 g/mol. The average Bonchev–Trinajstić information content (AvgIpc) is 2.46. The third-order valence-corrected chi connectivity index (χ3v) is 2.96. The van der Waals surface area contributed by atoms with Gasteiger partial charge < -0.3 is 4.74 Å². The molecule has 2 rings (SSSR count). The van der Waals surface area contributed by atoms with Crippen LogP contribution in [-0.4, -0.2) is 7.11 Å². The van der Waals surface area contributed by atoms with Crippen LogP contribution in [0.3, 0.4) is 0 Å². The zero-order valence-electron chi connectivity index (χ0n) is 6.87. The van der Waals surface area contributed by atoms with E-state index in [0.717, 1.165) is 9.60 Å². The maximum absolute atomic E-state index is 13.2. The molecule has 0 bridgehead atoms. The molecular formula is C9H7FOS2. The largest absolute Gasteiger partial charge is 0.496 e. The fourth-order valence-corrected chi connectivity index (χ4v) is 2.43. The monoisotopic (exact) mass is 214 g/mol. The first kappa shape index (κ1) is 8.84. The second-order valence-electron chi connectivity index (χ2n) is 2.60. The summed E-state index contributed by atoms with van der Waals surface area (Å²) in [5.41, 5.74) is 0. The molecule has 0 N–H and O–H groups in total. The van der Waals surface area contributed by atoms with Gasteiger partial charge >= 0.3 is 0 Å². The minimum absolute atomic E-state index is 0.231. The molecule has 0 saturated heterocycles. The highest BCUT2D eigenvalue weighted by Gasteiger charge is 2.09. The number of thiol groups is 1. The van der Waals surface area contributed by atoms with Crippen LogP contribution in [0, 0.1) is 5.82 Å². The Balaban J connectivity index is 2.85. The van der Waals surface area contributed by atoms with E-state index in [1.807, 2.05) is 6.07 Å². The van der Waals surface area contributed by atoms with Crippen molar-refractivity contribution in [1.29, 1.82) is 0 Å². The van der Waals surface area contributed by atoms with Gasteiger partial charge in [0.1, 0.15) is 11.6 Å². The Morgan fingerprint density at radius 1 is 1.46 bits per heavy atom. The molecule has 0 fully saturated rings. The molecule has 4 heteroatoms. The van der Waals surface area contributed by atoms with Gasteiger partial charge in [-0.15, -0.1) is 24.0 Å². The lowest BCUT2D eigenvalue weighted by molar-refractivity contribution is 0.417. The van der Waals surface area contributed by atoms with Crippen molar-refractivity contribution in [3.63, 3.8) is 0 Å². The molecule has 1 nitrogen and oxygen atoms in total. The molecule has 0 amide bonds. The third kappa shape index (κ3) is 1.40. The van der Waals surface area contributed by atoms with Crippen molar-refractivity contribution in [2.24, 2.45) is 0 Å². The molecule has 1 heterocycles. The van der Waals surface area contributed by atoms with E-state index < -0.39 is 0 Å². The summed E-state index contributed by atoms with van der Waals surface area (Å²) in [5, 5.41) is 2.02. The Morgan fingerprint density at radius 2 is 2.23 bits per heavy atom. The maximum Gasteiger partial charge on any atom is 0.145 e. The van der Waals surface area contributed by atoms with E-state index in [2.05, 4.69) is 12.6 Å². The summed E-state index contributed by atoms with van der Waals surface area (Å²) in [5.74, 6) is 0.312. The van der Waals surface area contributed by atoms with Crippen molar-refractivity contribution in [2.45, 2.75) is 4.90 Å². The van der Waals surface area contributed by atoms with Crippen LogP contribution < -0.4 is 4.74 Å². The summed E-state index contributed by atoms with van der Waals surface area (Å²) >= 11 is 5.55. The number of halogens is 1. The SMILES string of the molecule is COc1cc(S)cc2scc(F)c12. The Hall–Kier alpha value is -0.740. The van der Waals surface area contributed by atoms with Crippen LogP contribution in [0.15, 0.2) is 22.4 Å². The fourth-order valence-electron chi connectivity index (χ4n) is 1.24. The second kappa shape index (κ2) is 3.20. The Bertz CT molecular complexity index is 450. The summed E-state index contributed by atoms with van der Waals surface area (Å²) < 4.78 is 19.2. The number of methoxy groups -OCH3 is 1. The quantitative estimate of drug-likeness (QED) is 0.716. The van der Waals surface area contributed by atoms with Gasteiger partial charge in [0, 0.05) is 15.0 Å². The second-order valence-corrected chi connectivity index (χ2v) is 4.03. The van der Waals surface area contributed by atoms with Gasteiger partial charge in [0.2, 0.25) is 0 Å². The average molecular weight is 214 g/mol. The predicted octanol–water partition coefficient (Wildman–Crippen LogP) is 3.34. The van der Waals surface area contributed by atoms with E-state index in [4.69, 9.17) is 4.74 Å². The van der Waals surface area contributed by atoms with Crippen molar-refractivity contribution >= 4 is 34.1 Å². The number of thiophene rings is 1. The van der Waals surface area contributed by atoms with E-state index in [-0.39, 0.29) is 5.82 Å². The van der Waals surface area contributed by atoms with Crippen LogP contribution in [0.25, 0.3) is 10.1 Å². The predicted molar refractivity (Wildman–Crippen MR) is 55.6 cm³/mol. The van der Waals surface area contributed by atoms with Crippen molar-refractivity contribution in [3.8, 4) is 5.75 Å². The normalized spacial score (nSPS) is 10.7. The highest BCUT2D eigenvalue weighted by molar-refractivity contribution is 7.80. The van der Waals surface area contributed by atoms with Gasteiger partial charge in [0.05, 0.1) is 12.5 Å². The van der Waals surface area contributed by atoms with Crippen LogP contribution in [0.4, 0.5) is 4.39 Å². The Labute approximate surface area is 84.6 Å². The highest BCUT2D eigenvalue weighted by Crippen LogP contribution is 2.34. The van der Waals surface area contributed by atoms with E-state index in [9.17, 15) is 4.39 Å². The molecule has 0 atom stereocenters. The highest BCUT2D eigenvalue weighted by atomic mass is 32.1. The van der Waals surface area contributed by atoms with Crippen molar-refractivity contribution < 1.29 is 9.13 Å². The lowest BCUT2D eigenvalue weighted by Gasteiger charge is -2.02. The molecule has 0 spiro atoms. The fraction of sp³-hybridized carbons (Fsp3) is 0.111. The number of ether oxygens (including phenoxy) is 1. The molecule has 13 heavy (non-hydrogen) atoms. The van der Waals surface area contributed by atoms with Crippen LogP contribution in [0.1, 0.15) is 0 Å². The molecule has 0 aliphatic carbocycles. The van der Waals surface area contributed by atoms with Gasteiger partial charge in [0.25, 0.3) is 0 Å². The zero-order valence-corrected chi connectivity index (χ0v) is 8.58. The smallest absolute Gasteiger partial charge is 0.145 e. The first-order valence-electron chi connectivity index (χ1n) is 3.66. The van der Waals surface area contributed by atoms with Gasteiger partial charge in [-0.25, -0.2) is 4.39 Å². The van der Waals surface area contributed by atoms with Crippen LogP contribution in [0.5, 0.6) is 5.75 Å². The van der Waals surface area contributed by atoms with Gasteiger partial charge in [-0.05, 0) is 12.1 Å². The lowest BCUT2D eigenvalue weighted by Crippen LogP contribution is -1.84. The van der Waals surface area contributed by atoms with Crippen molar-refractivity contribution in [3.05, 3.63) is 23.3 Å². The molecule has 0 aliphatic heterocycles. The van der Waals surface area contributed by atoms with Gasteiger partial charge in [-0.1, -0.05) is 0 Å². The van der Waals surface area contributed by atoms with E-state index in [1.54, 1.807) is 6.07 Å². The molecule has 1 aromatic carbocycles. The zero-order chi connectivity index (χ0) is 9.42. The van der Waals surface area contributed by atoms with Gasteiger partial charge in [0.15, 0.2) is 0 Å². The Morgan fingerprint density at radius 3 is 2.92 bits per heavy atom. The van der Waals surface area contributed by atoms with Crippen LogP contribution >= 0.6 is 24.0 Å². The number of benzene rings is 1. The number of rotatable bonds is 1. The number of hydrogen-bond acceptors (Lipinski definition) is 3. The number of fused-ring (bicyclic) bond motifs is 1. The molecule has 0 aliphatic rings. The lowest BCUT2D eigenvalue weighted by atomic mass is 10.2. The minimum Gasteiger partial charge on any atom is -0.496 e. The van der Waals surface area contributed by atoms with Gasteiger partial charge in [-0.3, -0.25) is 0 Å². The summed E-state index contributed by atoms with van der Waals surface area (Å²) in [6.07, 6.45) is 0. The van der Waals surface area contributed by atoms with Crippen molar-refractivity contribution in [2.75, 3.05) is 7.11 Å². The maximum atomic E-state index is 13.2. The summed E-state index contributed by atoms with van der Waals surface area (Å²) in [6.45, 7) is 0. The summed E-state index contributed by atoms with van der Waals surface area (Å²) in [4.78, 5) is 0.784. The molecule has 0 radical (unpaired) electrons. The first-order valence-corrected chi connectivity index (χ1v) is 4.99. The Kier molecular flexibility index (Phi) is 2.17. The topological polar surface area (TPSA) is 9.23 Å². The minimum atomic E-state index is -0.231. The third-order valence-electron chi connectivity index (χ3n) is 1.80. The number of hydrogen-bond donors (Lipinski definition) is 1. The van der Waals surface area contributed by atoms with Crippen molar-refractivity contribution in [1.82, 2.24) is 0 Å². The standard InChI is InChI=1S/C9H7FOS2/c1-11-7-2-5(12)3-8-9(7)6(10)4-13-8/h2-4,12H,1H3.